The maximum absolute atomic E-state index is 11.4. The van der Waals surface area contributed by atoms with Gasteiger partial charge in [0.15, 0.2) is 0 Å². The highest BCUT2D eigenvalue weighted by Gasteiger charge is 2.14. The molecular weight excluding hydrogens is 210 g/mol. The highest BCUT2D eigenvalue weighted by Crippen LogP contribution is 2.08. The summed E-state index contributed by atoms with van der Waals surface area (Å²) < 4.78 is 0. The van der Waals surface area contributed by atoms with Crippen molar-refractivity contribution >= 4 is 17.2 Å². The van der Waals surface area contributed by atoms with Crippen molar-refractivity contribution in [2.45, 2.75) is 26.8 Å². The van der Waals surface area contributed by atoms with Crippen molar-refractivity contribution in [2.75, 3.05) is 0 Å². The Labute approximate surface area is 92.9 Å². The zero-order valence-electron chi connectivity index (χ0n) is 8.78. The van der Waals surface area contributed by atoms with Gasteiger partial charge in [-0.05, 0) is 13.3 Å². The van der Waals surface area contributed by atoms with Crippen LogP contribution in [0.3, 0.4) is 0 Å². The van der Waals surface area contributed by atoms with Gasteiger partial charge in [0.2, 0.25) is 5.91 Å². The van der Waals surface area contributed by atoms with Crippen molar-refractivity contribution in [1.29, 1.82) is 5.26 Å². The SMILES string of the molecule is CCC(C#N)C(=O)NCc1csc(C)n1. The fourth-order valence-corrected chi connectivity index (χ4v) is 1.74. The molecule has 0 aliphatic heterocycles. The maximum Gasteiger partial charge on any atom is 0.237 e. The molecule has 0 saturated carbocycles. The zero-order valence-corrected chi connectivity index (χ0v) is 9.60. The average molecular weight is 223 g/mol. The van der Waals surface area contributed by atoms with Crippen LogP contribution in [0.2, 0.25) is 0 Å². The molecule has 1 atom stereocenters. The number of thiazole rings is 1. The van der Waals surface area contributed by atoms with Crippen molar-refractivity contribution in [3.63, 3.8) is 0 Å². The number of hydrogen-bond donors (Lipinski definition) is 1. The van der Waals surface area contributed by atoms with Crippen LogP contribution in [0.5, 0.6) is 0 Å². The fourth-order valence-electron chi connectivity index (χ4n) is 1.13. The van der Waals surface area contributed by atoms with Crippen LogP contribution in [0, 0.1) is 24.2 Å². The Kier molecular flexibility index (Phi) is 4.25. The Morgan fingerprint density at radius 2 is 2.53 bits per heavy atom. The topological polar surface area (TPSA) is 65.8 Å². The second kappa shape index (κ2) is 5.47. The van der Waals surface area contributed by atoms with E-state index in [2.05, 4.69) is 10.3 Å². The van der Waals surface area contributed by atoms with Crippen molar-refractivity contribution in [2.24, 2.45) is 5.92 Å². The van der Waals surface area contributed by atoms with Crippen molar-refractivity contribution in [3.8, 4) is 6.07 Å². The molecule has 0 bridgehead atoms. The minimum Gasteiger partial charge on any atom is -0.349 e. The summed E-state index contributed by atoms with van der Waals surface area (Å²) in [5, 5.41) is 14.3. The van der Waals surface area contributed by atoms with Gasteiger partial charge in [0, 0.05) is 5.38 Å². The van der Waals surface area contributed by atoms with E-state index in [1.54, 1.807) is 11.3 Å². The number of nitriles is 1. The third-order valence-electron chi connectivity index (χ3n) is 1.99. The van der Waals surface area contributed by atoms with Gasteiger partial charge in [-0.2, -0.15) is 5.26 Å². The van der Waals surface area contributed by atoms with Crippen LogP contribution in [0.1, 0.15) is 24.0 Å². The van der Waals surface area contributed by atoms with E-state index in [4.69, 9.17) is 5.26 Å². The molecule has 0 fully saturated rings. The summed E-state index contributed by atoms with van der Waals surface area (Å²) in [4.78, 5) is 15.6. The lowest BCUT2D eigenvalue weighted by molar-refractivity contribution is -0.123. The summed E-state index contributed by atoms with van der Waals surface area (Å²) in [5.74, 6) is -0.768. The monoisotopic (exact) mass is 223 g/mol. The molecule has 80 valence electrons. The second-order valence-corrected chi connectivity index (χ2v) is 4.23. The molecule has 15 heavy (non-hydrogen) atoms. The smallest absolute Gasteiger partial charge is 0.237 e. The predicted molar refractivity (Wildman–Crippen MR) is 58.1 cm³/mol. The molecule has 0 spiro atoms. The Balaban J connectivity index is 2.44. The second-order valence-electron chi connectivity index (χ2n) is 3.17. The summed E-state index contributed by atoms with van der Waals surface area (Å²) >= 11 is 1.55. The van der Waals surface area contributed by atoms with E-state index >= 15 is 0 Å². The molecule has 0 aromatic carbocycles. The third-order valence-corrected chi connectivity index (χ3v) is 2.81. The Morgan fingerprint density at radius 1 is 1.80 bits per heavy atom. The molecule has 1 heterocycles. The maximum atomic E-state index is 11.4. The third kappa shape index (κ3) is 3.33. The quantitative estimate of drug-likeness (QED) is 0.843. The molecule has 4 nitrogen and oxygen atoms in total. The molecule has 1 aromatic rings. The Bertz CT molecular complexity index is 380. The first-order valence-electron chi connectivity index (χ1n) is 4.75. The lowest BCUT2D eigenvalue weighted by atomic mass is 10.1. The van der Waals surface area contributed by atoms with E-state index in [1.165, 1.54) is 0 Å². The number of carbonyl (C=O) groups is 1. The fraction of sp³-hybridized carbons (Fsp3) is 0.500. The lowest BCUT2D eigenvalue weighted by Gasteiger charge is -2.06. The summed E-state index contributed by atoms with van der Waals surface area (Å²) in [6.07, 6.45) is 0.540. The standard InChI is InChI=1S/C10H13N3OS/c1-3-8(4-11)10(14)12-5-9-6-15-7(2)13-9/h6,8H,3,5H2,1-2H3,(H,12,14). The molecule has 1 amide bonds. The number of hydrogen-bond acceptors (Lipinski definition) is 4. The summed E-state index contributed by atoms with van der Waals surface area (Å²) in [5.41, 5.74) is 0.846. The van der Waals surface area contributed by atoms with E-state index < -0.39 is 5.92 Å². The van der Waals surface area contributed by atoms with E-state index in [0.29, 0.717) is 13.0 Å². The predicted octanol–water partition coefficient (Wildman–Crippen LogP) is 1.62. The molecule has 5 heteroatoms. The van der Waals surface area contributed by atoms with Crippen LogP contribution in [0.4, 0.5) is 0 Å². The first kappa shape index (κ1) is 11.7. The van der Waals surface area contributed by atoms with Gasteiger partial charge in [-0.1, -0.05) is 6.92 Å². The Hall–Kier alpha value is -1.41. The number of carbonyl (C=O) groups excluding carboxylic acids is 1. The van der Waals surface area contributed by atoms with E-state index in [1.807, 2.05) is 25.3 Å². The van der Waals surface area contributed by atoms with Gasteiger partial charge in [0.05, 0.1) is 23.3 Å². The van der Waals surface area contributed by atoms with E-state index in [9.17, 15) is 4.79 Å². The van der Waals surface area contributed by atoms with Gasteiger partial charge < -0.3 is 5.32 Å². The van der Waals surface area contributed by atoms with Crippen molar-refractivity contribution in [3.05, 3.63) is 16.1 Å². The molecule has 1 aromatic heterocycles. The summed E-state index contributed by atoms with van der Waals surface area (Å²) in [7, 11) is 0. The number of aryl methyl sites for hydroxylation is 1. The van der Waals surface area contributed by atoms with Crippen molar-refractivity contribution in [1.82, 2.24) is 10.3 Å². The highest BCUT2D eigenvalue weighted by atomic mass is 32.1. The largest absolute Gasteiger partial charge is 0.349 e. The highest BCUT2D eigenvalue weighted by molar-refractivity contribution is 7.09. The number of rotatable bonds is 4. The van der Waals surface area contributed by atoms with Gasteiger partial charge in [0.25, 0.3) is 0 Å². The summed E-state index contributed by atoms with van der Waals surface area (Å²) in [6, 6.07) is 1.96. The molecule has 1 unspecified atom stereocenters. The van der Waals surface area contributed by atoms with E-state index in [-0.39, 0.29) is 5.91 Å². The summed E-state index contributed by atoms with van der Waals surface area (Å²) in [6.45, 7) is 4.14. The normalized spacial score (nSPS) is 11.8. The van der Waals surface area contributed by atoms with Crippen LogP contribution >= 0.6 is 11.3 Å². The molecule has 0 radical (unpaired) electrons. The number of amides is 1. The molecule has 1 rings (SSSR count). The van der Waals surface area contributed by atoms with E-state index in [0.717, 1.165) is 10.7 Å². The van der Waals surface area contributed by atoms with Crippen LogP contribution in [0.15, 0.2) is 5.38 Å². The number of nitrogens with zero attached hydrogens (tertiary/aromatic N) is 2. The molecular formula is C10H13N3OS. The van der Waals surface area contributed by atoms with Crippen LogP contribution in [0.25, 0.3) is 0 Å². The average Bonchev–Trinajstić information content (AvgIpc) is 2.63. The molecule has 0 aliphatic rings. The number of aromatic nitrogens is 1. The first-order valence-corrected chi connectivity index (χ1v) is 5.63. The minimum atomic E-state index is -0.551. The number of nitrogens with one attached hydrogen (secondary N) is 1. The Morgan fingerprint density at radius 3 is 3.00 bits per heavy atom. The minimum absolute atomic E-state index is 0.217. The first-order chi connectivity index (χ1) is 7.17. The van der Waals surface area contributed by atoms with Crippen LogP contribution in [-0.2, 0) is 11.3 Å². The lowest BCUT2D eigenvalue weighted by Crippen LogP contribution is -2.29. The van der Waals surface area contributed by atoms with Gasteiger partial charge >= 0.3 is 0 Å². The van der Waals surface area contributed by atoms with Gasteiger partial charge in [-0.25, -0.2) is 4.98 Å². The molecule has 1 N–H and O–H groups in total. The zero-order chi connectivity index (χ0) is 11.3. The van der Waals surface area contributed by atoms with Crippen LogP contribution in [-0.4, -0.2) is 10.9 Å². The molecule has 0 aliphatic carbocycles. The van der Waals surface area contributed by atoms with Gasteiger partial charge in [-0.15, -0.1) is 11.3 Å². The van der Waals surface area contributed by atoms with Crippen LogP contribution < -0.4 is 5.32 Å². The van der Waals surface area contributed by atoms with Crippen molar-refractivity contribution < 1.29 is 4.79 Å². The van der Waals surface area contributed by atoms with Gasteiger partial charge in [-0.3, -0.25) is 4.79 Å². The molecule has 0 saturated heterocycles. The van der Waals surface area contributed by atoms with Gasteiger partial charge in [0.1, 0.15) is 5.92 Å².